The van der Waals surface area contributed by atoms with Gasteiger partial charge in [-0.1, -0.05) is 55.8 Å². The topological polar surface area (TPSA) is 91.7 Å². The van der Waals surface area contributed by atoms with Crippen LogP contribution < -0.4 is 0 Å². The van der Waals surface area contributed by atoms with Gasteiger partial charge in [-0.05, 0) is 47.4 Å². The zero-order valence-corrected chi connectivity index (χ0v) is 17.6. The van der Waals surface area contributed by atoms with E-state index in [0.29, 0.717) is 40.5 Å². The van der Waals surface area contributed by atoms with Crippen LogP contribution in [0.4, 0.5) is 0 Å². The first-order valence-electron chi connectivity index (χ1n) is 10.5. The molecule has 1 saturated carbocycles. The smallest absolute Gasteiger partial charge is 0.165 e. The number of aliphatic hydroxyl groups is 2. The first-order valence-corrected chi connectivity index (χ1v) is 10.5. The molecule has 5 rings (SSSR count). The summed E-state index contributed by atoms with van der Waals surface area (Å²) in [4.78, 5) is 35.6. The summed E-state index contributed by atoms with van der Waals surface area (Å²) in [5.74, 6) is -0.158. The van der Waals surface area contributed by atoms with Crippen LogP contribution in [0.1, 0.15) is 70.7 Å². The van der Waals surface area contributed by atoms with Gasteiger partial charge in [0.05, 0.1) is 6.10 Å². The van der Waals surface area contributed by atoms with E-state index in [4.69, 9.17) is 0 Å². The van der Waals surface area contributed by atoms with Crippen LogP contribution in [0.25, 0.3) is 0 Å². The lowest BCUT2D eigenvalue weighted by Gasteiger charge is -2.57. The van der Waals surface area contributed by atoms with Gasteiger partial charge in [0.25, 0.3) is 0 Å². The summed E-state index contributed by atoms with van der Waals surface area (Å²) in [6.45, 7) is 4.11. The number of fused-ring (bicyclic) bond motifs is 1. The third-order valence-corrected chi connectivity index (χ3v) is 7.10. The van der Waals surface area contributed by atoms with E-state index in [1.165, 1.54) is 0 Å². The Hall–Kier alpha value is -2.89. The quantitative estimate of drug-likeness (QED) is 0.663. The van der Waals surface area contributed by atoms with E-state index < -0.39 is 12.2 Å². The molecule has 2 N–H and O–H groups in total. The molecule has 0 radical (unpaired) electrons. The second-order valence-corrected chi connectivity index (χ2v) is 9.16. The molecule has 2 aromatic carbocycles. The molecule has 3 aliphatic carbocycles. The summed E-state index contributed by atoms with van der Waals surface area (Å²) in [6, 6.07) is 13.4. The number of aliphatic hydroxyl groups excluding tert-OH is 2. The Morgan fingerprint density at radius 3 is 2.13 bits per heavy atom. The molecule has 2 unspecified atom stereocenters. The normalized spacial score (nSPS) is 23.7. The molecular formula is C26H26O5. The average Bonchev–Trinajstić information content (AvgIpc) is 2.78. The standard InChI is InChI=1S/C26H26O5/c1-26(2)20-12-21(26)25(31)23(24(30)18-8-4-6-16(10-18)14-28)19(20)11-22(29)17-7-3-5-15(9-17)13-27/h3-10,13-14,20-22,24,29-30H,11-12H2,1-2H3/t20-,21+,22?,24?/m1/s1. The molecule has 2 bridgehead atoms. The van der Waals surface area contributed by atoms with Gasteiger partial charge >= 0.3 is 0 Å². The molecule has 0 heterocycles. The fraction of sp³-hybridized carbons (Fsp3) is 0.346. The van der Waals surface area contributed by atoms with Crippen LogP contribution >= 0.6 is 0 Å². The number of rotatable bonds is 7. The Labute approximate surface area is 181 Å². The SMILES string of the molecule is CC1(C)[C@@H]2C[C@H]1C(=O)C(C(O)c1cccc(C=O)c1)=C2CC(O)c1cccc(C=O)c1. The average molecular weight is 418 g/mol. The first-order chi connectivity index (χ1) is 14.8. The Morgan fingerprint density at radius 2 is 1.55 bits per heavy atom. The fourth-order valence-electron chi connectivity index (χ4n) is 5.19. The van der Waals surface area contributed by atoms with Crippen molar-refractivity contribution in [2.24, 2.45) is 17.3 Å². The molecule has 0 saturated heterocycles. The largest absolute Gasteiger partial charge is 0.388 e. The number of benzene rings is 2. The number of hydrogen-bond acceptors (Lipinski definition) is 5. The molecule has 0 aromatic heterocycles. The van der Waals surface area contributed by atoms with Crippen molar-refractivity contribution in [1.82, 2.24) is 0 Å². The van der Waals surface area contributed by atoms with Gasteiger partial charge in [-0.3, -0.25) is 14.4 Å². The highest BCUT2D eigenvalue weighted by atomic mass is 16.3. The number of aldehydes is 2. The molecule has 4 atom stereocenters. The third-order valence-electron chi connectivity index (χ3n) is 7.10. The molecular weight excluding hydrogens is 392 g/mol. The molecule has 31 heavy (non-hydrogen) atoms. The predicted molar refractivity (Wildman–Crippen MR) is 116 cm³/mol. The van der Waals surface area contributed by atoms with Crippen LogP contribution in [-0.4, -0.2) is 28.6 Å². The summed E-state index contributed by atoms with van der Waals surface area (Å²) in [5.41, 5.74) is 2.87. The lowest BCUT2D eigenvalue weighted by Crippen LogP contribution is -2.55. The molecule has 1 fully saturated rings. The van der Waals surface area contributed by atoms with E-state index in [9.17, 15) is 24.6 Å². The van der Waals surface area contributed by atoms with E-state index in [2.05, 4.69) is 13.8 Å². The number of ketones is 1. The molecule has 5 nitrogen and oxygen atoms in total. The monoisotopic (exact) mass is 418 g/mol. The van der Waals surface area contributed by atoms with Crippen LogP contribution in [0.5, 0.6) is 0 Å². The lowest BCUT2D eigenvalue weighted by molar-refractivity contribution is -0.137. The minimum Gasteiger partial charge on any atom is -0.388 e. The van der Waals surface area contributed by atoms with E-state index in [1.54, 1.807) is 48.5 Å². The summed E-state index contributed by atoms with van der Waals surface area (Å²) < 4.78 is 0. The van der Waals surface area contributed by atoms with Crippen molar-refractivity contribution in [3.8, 4) is 0 Å². The van der Waals surface area contributed by atoms with Crippen molar-refractivity contribution in [3.05, 3.63) is 81.9 Å². The van der Waals surface area contributed by atoms with Crippen LogP contribution in [-0.2, 0) is 4.79 Å². The molecule has 3 aliphatic rings. The van der Waals surface area contributed by atoms with Crippen molar-refractivity contribution in [2.75, 3.05) is 0 Å². The second kappa shape index (κ2) is 7.98. The van der Waals surface area contributed by atoms with Crippen molar-refractivity contribution in [3.63, 3.8) is 0 Å². The van der Waals surface area contributed by atoms with Crippen LogP contribution in [0.2, 0.25) is 0 Å². The number of Topliss-reactive ketones (excluding diaryl/α,β-unsaturated/α-hetero) is 1. The Morgan fingerprint density at radius 1 is 0.968 bits per heavy atom. The molecule has 0 amide bonds. The third kappa shape index (κ3) is 3.58. The molecule has 5 heteroatoms. The zero-order valence-electron chi connectivity index (χ0n) is 17.6. The number of carbonyl (C=O) groups is 3. The van der Waals surface area contributed by atoms with Crippen LogP contribution in [0.15, 0.2) is 59.7 Å². The van der Waals surface area contributed by atoms with Gasteiger partial charge in [-0.25, -0.2) is 0 Å². The van der Waals surface area contributed by atoms with Crippen molar-refractivity contribution in [2.45, 2.75) is 38.9 Å². The maximum Gasteiger partial charge on any atom is 0.165 e. The van der Waals surface area contributed by atoms with Crippen molar-refractivity contribution in [1.29, 1.82) is 0 Å². The molecule has 2 aromatic rings. The Bertz CT molecular complexity index is 1080. The van der Waals surface area contributed by atoms with Crippen molar-refractivity contribution >= 4 is 18.4 Å². The predicted octanol–water partition coefficient (Wildman–Crippen LogP) is 4.01. The number of carbonyl (C=O) groups excluding carboxylic acids is 3. The van der Waals surface area contributed by atoms with Gasteiger partial charge in [0.15, 0.2) is 5.78 Å². The summed E-state index contributed by atoms with van der Waals surface area (Å²) in [7, 11) is 0. The van der Waals surface area contributed by atoms with Gasteiger partial charge in [0.2, 0.25) is 0 Å². The van der Waals surface area contributed by atoms with Gasteiger partial charge in [0.1, 0.15) is 18.7 Å². The minimum absolute atomic E-state index is 0.0815. The summed E-state index contributed by atoms with van der Waals surface area (Å²) in [5, 5.41) is 22.1. The maximum atomic E-state index is 13.4. The van der Waals surface area contributed by atoms with Crippen molar-refractivity contribution < 1.29 is 24.6 Å². The van der Waals surface area contributed by atoms with Gasteiger partial charge in [-0.2, -0.15) is 0 Å². The minimum atomic E-state index is -1.16. The fourth-order valence-corrected chi connectivity index (χ4v) is 5.19. The zero-order chi connectivity index (χ0) is 22.3. The van der Waals surface area contributed by atoms with E-state index in [-0.39, 0.29) is 29.5 Å². The Kier molecular flexibility index (Phi) is 5.50. The molecule has 0 spiro atoms. The highest BCUT2D eigenvalue weighted by molar-refractivity contribution is 6.02. The summed E-state index contributed by atoms with van der Waals surface area (Å²) in [6.07, 6.45) is 0.297. The lowest BCUT2D eigenvalue weighted by atomic mass is 9.46. The molecule has 160 valence electrons. The van der Waals surface area contributed by atoms with E-state index in [0.717, 1.165) is 11.9 Å². The van der Waals surface area contributed by atoms with Crippen LogP contribution in [0, 0.1) is 17.3 Å². The van der Waals surface area contributed by atoms with Gasteiger partial charge in [-0.15, -0.1) is 0 Å². The maximum absolute atomic E-state index is 13.4. The van der Waals surface area contributed by atoms with E-state index >= 15 is 0 Å². The summed E-state index contributed by atoms with van der Waals surface area (Å²) >= 11 is 0. The van der Waals surface area contributed by atoms with Gasteiger partial charge in [0, 0.05) is 22.6 Å². The van der Waals surface area contributed by atoms with Crippen LogP contribution in [0.3, 0.4) is 0 Å². The second-order valence-electron chi connectivity index (χ2n) is 9.16. The first kappa shape index (κ1) is 21.3. The highest BCUT2D eigenvalue weighted by Crippen LogP contribution is 2.62. The molecule has 0 aliphatic heterocycles. The Balaban J connectivity index is 1.76. The van der Waals surface area contributed by atoms with Gasteiger partial charge < -0.3 is 10.2 Å². The van der Waals surface area contributed by atoms with E-state index in [1.807, 2.05) is 0 Å². The highest BCUT2D eigenvalue weighted by Gasteiger charge is 2.58. The number of hydrogen-bond donors (Lipinski definition) is 2.